The van der Waals surface area contributed by atoms with Crippen LogP contribution in [0, 0.1) is 17.2 Å². The molecule has 3 heteroatoms. The van der Waals surface area contributed by atoms with Crippen LogP contribution in [-0.4, -0.2) is 35.2 Å². The fourth-order valence-electron chi connectivity index (χ4n) is 2.91. The van der Waals surface area contributed by atoms with Crippen molar-refractivity contribution in [2.45, 2.75) is 44.1 Å². The van der Waals surface area contributed by atoms with Crippen LogP contribution in [0.3, 0.4) is 0 Å². The maximum absolute atomic E-state index is 10.3. The first-order valence-electron chi connectivity index (χ1n) is 6.06. The van der Waals surface area contributed by atoms with Crippen LogP contribution in [0.2, 0.25) is 0 Å². The molecule has 0 radical (unpaired) electrons. The number of hydrogen-bond donors (Lipinski definition) is 1. The van der Waals surface area contributed by atoms with Crippen LogP contribution < -0.4 is 0 Å². The molecule has 1 N–H and O–H groups in total. The zero-order chi connectivity index (χ0) is 10.7. The fraction of sp³-hybridized carbons (Fsp3) is 0.917. The van der Waals surface area contributed by atoms with Crippen LogP contribution in [0.1, 0.15) is 38.5 Å². The highest BCUT2D eigenvalue weighted by molar-refractivity contribution is 4.92. The average Bonchev–Trinajstić information content (AvgIpc) is 2.65. The van der Waals surface area contributed by atoms with E-state index in [1.54, 1.807) is 0 Å². The van der Waals surface area contributed by atoms with Crippen molar-refractivity contribution in [1.82, 2.24) is 4.90 Å². The van der Waals surface area contributed by atoms with Crippen molar-refractivity contribution < 1.29 is 5.11 Å². The lowest BCUT2D eigenvalue weighted by Crippen LogP contribution is -2.45. The minimum absolute atomic E-state index is 0.184. The van der Waals surface area contributed by atoms with Gasteiger partial charge in [0.1, 0.15) is 0 Å². The van der Waals surface area contributed by atoms with E-state index in [9.17, 15) is 5.11 Å². The van der Waals surface area contributed by atoms with E-state index in [1.807, 2.05) is 0 Å². The lowest BCUT2D eigenvalue weighted by Gasteiger charge is -2.35. The molecular weight excluding hydrogens is 188 g/mol. The number of β-amino-alcohol motifs (C(OH)–C–C–N with tert-alkyl or cyclic N) is 1. The van der Waals surface area contributed by atoms with Gasteiger partial charge in [0.05, 0.1) is 17.6 Å². The molecule has 1 saturated heterocycles. The van der Waals surface area contributed by atoms with Crippen LogP contribution in [0.25, 0.3) is 0 Å². The third-order valence-electron chi connectivity index (χ3n) is 3.74. The van der Waals surface area contributed by atoms with Gasteiger partial charge in [0, 0.05) is 13.1 Å². The molecular formula is C12H20N2O. The summed E-state index contributed by atoms with van der Waals surface area (Å²) in [6, 6.07) is 2.35. The Balaban J connectivity index is 1.86. The molecule has 0 spiro atoms. The highest BCUT2D eigenvalue weighted by atomic mass is 16.3. The highest BCUT2D eigenvalue weighted by Crippen LogP contribution is 2.31. The molecule has 0 aromatic heterocycles. The minimum atomic E-state index is -0.447. The van der Waals surface area contributed by atoms with E-state index in [1.165, 1.54) is 0 Å². The molecule has 1 saturated carbocycles. The lowest BCUT2D eigenvalue weighted by molar-refractivity contribution is 0.000962. The molecule has 2 aliphatic rings. The monoisotopic (exact) mass is 208 g/mol. The third-order valence-corrected chi connectivity index (χ3v) is 3.74. The molecule has 0 amide bonds. The highest BCUT2D eigenvalue weighted by Gasteiger charge is 2.34. The molecule has 2 fully saturated rings. The van der Waals surface area contributed by atoms with Crippen molar-refractivity contribution in [1.29, 1.82) is 5.26 Å². The van der Waals surface area contributed by atoms with Gasteiger partial charge in [-0.25, -0.2) is 0 Å². The standard InChI is InChI=1S/C12H20N2O/c13-8-11-4-3-7-14(9-11)10-12(15)5-1-2-6-12/h11,15H,1-7,9-10H2. The van der Waals surface area contributed by atoms with Crippen LogP contribution in [0.5, 0.6) is 0 Å². The van der Waals surface area contributed by atoms with Gasteiger partial charge in [-0.3, -0.25) is 4.90 Å². The molecule has 15 heavy (non-hydrogen) atoms. The van der Waals surface area contributed by atoms with Gasteiger partial charge < -0.3 is 5.11 Å². The molecule has 0 aromatic rings. The van der Waals surface area contributed by atoms with E-state index in [0.29, 0.717) is 0 Å². The van der Waals surface area contributed by atoms with Crippen molar-refractivity contribution in [3.05, 3.63) is 0 Å². The molecule has 0 bridgehead atoms. The van der Waals surface area contributed by atoms with Crippen molar-refractivity contribution in [3.63, 3.8) is 0 Å². The van der Waals surface area contributed by atoms with E-state index >= 15 is 0 Å². The second-order valence-electron chi connectivity index (χ2n) is 5.13. The summed E-state index contributed by atoms with van der Waals surface area (Å²) in [6.45, 7) is 2.70. The van der Waals surface area contributed by atoms with Crippen molar-refractivity contribution in [3.8, 4) is 6.07 Å². The fourth-order valence-corrected chi connectivity index (χ4v) is 2.91. The number of likely N-dealkylation sites (tertiary alicyclic amines) is 1. The Hall–Kier alpha value is -0.590. The van der Waals surface area contributed by atoms with Crippen molar-refractivity contribution in [2.24, 2.45) is 5.92 Å². The summed E-state index contributed by atoms with van der Waals surface area (Å²) in [5.41, 5.74) is -0.447. The summed E-state index contributed by atoms with van der Waals surface area (Å²) in [4.78, 5) is 2.28. The SMILES string of the molecule is N#CC1CCCN(CC2(O)CCCC2)C1. The first-order chi connectivity index (χ1) is 7.22. The largest absolute Gasteiger partial charge is 0.389 e. The Kier molecular flexibility index (Phi) is 3.28. The Morgan fingerprint density at radius 1 is 1.33 bits per heavy atom. The van der Waals surface area contributed by atoms with E-state index in [2.05, 4.69) is 11.0 Å². The molecule has 84 valence electrons. The summed E-state index contributed by atoms with van der Waals surface area (Å²) in [7, 11) is 0. The number of hydrogen-bond acceptors (Lipinski definition) is 3. The van der Waals surface area contributed by atoms with Crippen LogP contribution in [0.15, 0.2) is 0 Å². The van der Waals surface area contributed by atoms with Crippen LogP contribution in [-0.2, 0) is 0 Å². The maximum Gasteiger partial charge on any atom is 0.0774 e. The van der Waals surface area contributed by atoms with E-state index in [-0.39, 0.29) is 5.92 Å². The van der Waals surface area contributed by atoms with Gasteiger partial charge in [-0.15, -0.1) is 0 Å². The first kappa shape index (κ1) is 10.9. The average molecular weight is 208 g/mol. The number of rotatable bonds is 2. The molecule has 1 unspecified atom stereocenters. The molecule has 1 atom stereocenters. The van der Waals surface area contributed by atoms with Crippen molar-refractivity contribution in [2.75, 3.05) is 19.6 Å². The molecule has 3 nitrogen and oxygen atoms in total. The van der Waals surface area contributed by atoms with Crippen LogP contribution >= 0.6 is 0 Å². The van der Waals surface area contributed by atoms with Gasteiger partial charge in [0.2, 0.25) is 0 Å². The molecule has 1 heterocycles. The number of piperidine rings is 1. The summed E-state index contributed by atoms with van der Waals surface area (Å²) in [6.07, 6.45) is 6.35. The smallest absolute Gasteiger partial charge is 0.0774 e. The number of nitrogens with zero attached hydrogens (tertiary/aromatic N) is 2. The van der Waals surface area contributed by atoms with Gasteiger partial charge in [0.25, 0.3) is 0 Å². The quantitative estimate of drug-likeness (QED) is 0.748. The summed E-state index contributed by atoms with van der Waals surface area (Å²) < 4.78 is 0. The van der Waals surface area contributed by atoms with E-state index in [4.69, 9.17) is 5.26 Å². The van der Waals surface area contributed by atoms with Gasteiger partial charge in [-0.1, -0.05) is 12.8 Å². The molecule has 2 rings (SSSR count). The number of aliphatic hydroxyl groups is 1. The normalized spacial score (nSPS) is 31.3. The van der Waals surface area contributed by atoms with E-state index < -0.39 is 5.60 Å². The van der Waals surface area contributed by atoms with Gasteiger partial charge in [0.15, 0.2) is 0 Å². The Labute approximate surface area is 91.7 Å². The maximum atomic E-state index is 10.3. The lowest BCUT2D eigenvalue weighted by atomic mass is 9.96. The Bertz CT molecular complexity index is 253. The predicted octanol–water partition coefficient (Wildman–Crippen LogP) is 1.53. The number of nitriles is 1. The zero-order valence-electron chi connectivity index (χ0n) is 9.28. The second-order valence-corrected chi connectivity index (χ2v) is 5.13. The topological polar surface area (TPSA) is 47.3 Å². The van der Waals surface area contributed by atoms with Crippen molar-refractivity contribution >= 4 is 0 Å². The molecule has 1 aliphatic heterocycles. The minimum Gasteiger partial charge on any atom is -0.389 e. The third kappa shape index (κ3) is 2.70. The van der Waals surface area contributed by atoms with Gasteiger partial charge >= 0.3 is 0 Å². The second kappa shape index (κ2) is 4.51. The summed E-state index contributed by atoms with van der Waals surface area (Å²) in [5.74, 6) is 0.184. The predicted molar refractivity (Wildman–Crippen MR) is 58.2 cm³/mol. The summed E-state index contributed by atoms with van der Waals surface area (Å²) >= 11 is 0. The van der Waals surface area contributed by atoms with Gasteiger partial charge in [-0.05, 0) is 32.2 Å². The Morgan fingerprint density at radius 2 is 2.07 bits per heavy atom. The van der Waals surface area contributed by atoms with Crippen LogP contribution in [0.4, 0.5) is 0 Å². The zero-order valence-corrected chi connectivity index (χ0v) is 9.28. The molecule has 1 aliphatic carbocycles. The van der Waals surface area contributed by atoms with Gasteiger partial charge in [-0.2, -0.15) is 5.26 Å². The van der Waals surface area contributed by atoms with E-state index in [0.717, 1.165) is 58.2 Å². The first-order valence-corrected chi connectivity index (χ1v) is 6.06. The Morgan fingerprint density at radius 3 is 2.73 bits per heavy atom. The molecule has 0 aromatic carbocycles. The summed E-state index contributed by atoms with van der Waals surface area (Å²) in [5, 5.41) is 19.2.